The van der Waals surface area contributed by atoms with Crippen molar-refractivity contribution >= 4 is 15.1 Å². The highest BCUT2D eigenvalue weighted by Crippen LogP contribution is 2.72. The first-order valence-electron chi connectivity index (χ1n) is 13.1. The molecule has 0 unspecified atom stereocenters. The summed E-state index contributed by atoms with van der Waals surface area (Å²) in [5.74, 6) is 1.24. The van der Waals surface area contributed by atoms with E-state index in [1.165, 1.54) is 134 Å². The molecule has 28 heavy (non-hydrogen) atoms. The van der Waals surface area contributed by atoms with E-state index in [0.717, 1.165) is 11.3 Å². The third-order valence-electron chi connectivity index (χ3n) is 8.86. The Hall–Kier alpha value is 0.660. The van der Waals surface area contributed by atoms with Gasteiger partial charge in [0.1, 0.15) is 0 Å². The van der Waals surface area contributed by atoms with Crippen LogP contribution in [0.1, 0.15) is 128 Å². The van der Waals surface area contributed by atoms with Crippen LogP contribution in [0.4, 0.5) is 0 Å². The van der Waals surface area contributed by atoms with Crippen molar-refractivity contribution in [3.8, 4) is 0 Å². The molecule has 3 heteroatoms. The van der Waals surface area contributed by atoms with E-state index in [9.17, 15) is 0 Å². The van der Waals surface area contributed by atoms with Crippen molar-refractivity contribution in [2.75, 3.05) is 5.90 Å². The lowest BCUT2D eigenvalue weighted by molar-refractivity contribution is 0.448. The van der Waals surface area contributed by atoms with E-state index >= 15 is 4.57 Å². The van der Waals surface area contributed by atoms with E-state index in [4.69, 9.17) is 0 Å². The topological polar surface area (TPSA) is 17.1 Å². The summed E-state index contributed by atoms with van der Waals surface area (Å²) in [4.78, 5) is 0. The smallest absolute Gasteiger partial charge is 0.0976 e. The molecule has 0 atom stereocenters. The van der Waals surface area contributed by atoms with E-state index in [2.05, 4.69) is 0 Å². The summed E-state index contributed by atoms with van der Waals surface area (Å²) in [7, 11) is -2.03. The monoisotopic (exact) mass is 424 g/mol. The molecule has 0 aromatic carbocycles. The molecule has 0 spiro atoms. The fourth-order valence-corrected chi connectivity index (χ4v) is 18.6. The minimum absolute atomic E-state index is 0.00231. The molecule has 0 radical (unpaired) electrons. The second-order valence-corrected chi connectivity index (χ2v) is 17.5. The highest BCUT2D eigenvalue weighted by molar-refractivity contribution is 7.79. The Morgan fingerprint density at radius 2 is 0.821 bits per heavy atom. The zero-order valence-corrected chi connectivity index (χ0v) is 20.3. The largest absolute Gasteiger partial charge is 0.323 e. The van der Waals surface area contributed by atoms with E-state index in [1.54, 1.807) is 0 Å². The first kappa shape index (κ1) is 21.9. The molecule has 4 fully saturated rings. The normalized spacial score (nSPS) is 28.0. The van der Waals surface area contributed by atoms with Gasteiger partial charge in [0, 0.05) is 17.2 Å². The van der Waals surface area contributed by atoms with Crippen molar-refractivity contribution < 1.29 is 4.57 Å². The van der Waals surface area contributed by atoms with Crippen LogP contribution in [0.15, 0.2) is 0 Å². The third kappa shape index (κ3) is 5.28. The van der Waals surface area contributed by atoms with Gasteiger partial charge in [-0.15, -0.1) is 0 Å². The summed E-state index contributed by atoms with van der Waals surface area (Å²) < 4.78 is 15.0. The van der Waals surface area contributed by atoms with E-state index in [1.807, 2.05) is 0 Å². The average Bonchev–Trinajstić information content (AvgIpc) is 2.80. The molecule has 4 aliphatic rings. The molecule has 1 nitrogen and oxygen atoms in total. The zero-order chi connectivity index (χ0) is 19.2. The van der Waals surface area contributed by atoms with Crippen LogP contribution >= 0.6 is 15.1 Å². The molecule has 0 N–H and O–H groups in total. The fraction of sp³-hybridized carbons (Fsp3) is 1.00. The summed E-state index contributed by atoms with van der Waals surface area (Å²) >= 11 is 0. The molecule has 4 rings (SSSR count). The van der Waals surface area contributed by atoms with Crippen molar-refractivity contribution in [2.24, 2.45) is 0 Å². The van der Waals surface area contributed by atoms with Gasteiger partial charge >= 0.3 is 0 Å². The molecular formula is C25H46OP2. The average molecular weight is 425 g/mol. The predicted molar refractivity (Wildman–Crippen MR) is 127 cm³/mol. The standard InChI is InChI=1S/C25H46OP2/c26-28(24-17-9-3-10-18-24,25-19-11-4-12-20-25)21-27(22-13-5-1-6-14-22)23-15-7-2-8-16-23/h22-25H,1-21H2. The van der Waals surface area contributed by atoms with Crippen LogP contribution in [0.5, 0.6) is 0 Å². The quantitative estimate of drug-likeness (QED) is 0.388. The van der Waals surface area contributed by atoms with Gasteiger partial charge in [0.15, 0.2) is 0 Å². The van der Waals surface area contributed by atoms with Gasteiger partial charge in [-0.05, 0) is 62.7 Å². The maximum Gasteiger partial charge on any atom is 0.0976 e. The molecule has 4 aliphatic carbocycles. The van der Waals surface area contributed by atoms with Crippen molar-refractivity contribution in [3.05, 3.63) is 0 Å². The molecule has 0 aliphatic heterocycles. The maximum atomic E-state index is 15.0. The van der Waals surface area contributed by atoms with Crippen LogP contribution in [-0.2, 0) is 4.57 Å². The predicted octanol–water partition coefficient (Wildman–Crippen LogP) is 9.12. The summed E-state index contributed by atoms with van der Waals surface area (Å²) in [6.07, 6.45) is 28.3. The molecule has 0 saturated heterocycles. The molecule has 0 amide bonds. The zero-order valence-electron chi connectivity index (χ0n) is 18.5. The molecule has 0 heterocycles. The number of rotatable bonds is 6. The van der Waals surface area contributed by atoms with Crippen LogP contribution in [0.2, 0.25) is 0 Å². The summed E-state index contributed by atoms with van der Waals surface area (Å²) in [5, 5.41) is 0. The lowest BCUT2D eigenvalue weighted by Gasteiger charge is -2.45. The van der Waals surface area contributed by atoms with Crippen LogP contribution in [0, 0.1) is 0 Å². The Bertz CT molecular complexity index is 455. The van der Waals surface area contributed by atoms with E-state index < -0.39 is 7.14 Å². The van der Waals surface area contributed by atoms with E-state index in [-0.39, 0.29) is 7.92 Å². The van der Waals surface area contributed by atoms with Gasteiger partial charge in [0.25, 0.3) is 0 Å². The summed E-state index contributed by atoms with van der Waals surface area (Å²) in [6.45, 7) is 0. The lowest BCUT2D eigenvalue weighted by atomic mass is 9.99. The van der Waals surface area contributed by atoms with Crippen molar-refractivity contribution in [1.82, 2.24) is 0 Å². The maximum absolute atomic E-state index is 15.0. The minimum Gasteiger partial charge on any atom is -0.323 e. The Morgan fingerprint density at radius 3 is 1.18 bits per heavy atom. The second-order valence-electron chi connectivity index (χ2n) is 10.7. The fourth-order valence-electron chi connectivity index (χ4n) is 7.17. The third-order valence-corrected chi connectivity index (χ3v) is 18.3. The molecule has 0 aromatic rings. The van der Waals surface area contributed by atoms with E-state index in [0.29, 0.717) is 11.3 Å². The lowest BCUT2D eigenvalue weighted by Crippen LogP contribution is -2.28. The second kappa shape index (κ2) is 10.8. The first-order valence-corrected chi connectivity index (χ1v) is 16.8. The first-order chi connectivity index (χ1) is 13.8. The Kier molecular flexibility index (Phi) is 8.44. The molecular weight excluding hydrogens is 378 g/mol. The molecule has 0 aromatic heterocycles. The van der Waals surface area contributed by atoms with Gasteiger partial charge in [0.05, 0.1) is 7.14 Å². The Balaban J connectivity index is 1.57. The van der Waals surface area contributed by atoms with Crippen molar-refractivity contribution in [1.29, 1.82) is 0 Å². The van der Waals surface area contributed by atoms with Crippen molar-refractivity contribution in [2.45, 2.75) is 151 Å². The highest BCUT2D eigenvalue weighted by Gasteiger charge is 2.45. The summed E-state index contributed by atoms with van der Waals surface area (Å²) in [5.41, 5.74) is 3.21. The number of hydrogen-bond donors (Lipinski definition) is 0. The summed E-state index contributed by atoms with van der Waals surface area (Å²) in [6, 6.07) is 0. The SMILES string of the molecule is O=P(CP(C1CCCCC1)C1CCCCC1)(C1CCCCC1)C1CCCCC1. The number of hydrogen-bond acceptors (Lipinski definition) is 1. The van der Waals surface area contributed by atoms with Gasteiger partial charge in [-0.1, -0.05) is 85.0 Å². The van der Waals surface area contributed by atoms with Crippen LogP contribution < -0.4 is 0 Å². The molecule has 4 saturated carbocycles. The van der Waals surface area contributed by atoms with Gasteiger partial charge < -0.3 is 4.57 Å². The van der Waals surface area contributed by atoms with Crippen molar-refractivity contribution in [3.63, 3.8) is 0 Å². The Morgan fingerprint density at radius 1 is 0.500 bits per heavy atom. The Labute approximate surface area is 176 Å². The minimum atomic E-state index is -2.03. The van der Waals surface area contributed by atoms with Crippen LogP contribution in [0.3, 0.4) is 0 Å². The van der Waals surface area contributed by atoms with Gasteiger partial charge in [-0.3, -0.25) is 0 Å². The van der Waals surface area contributed by atoms with Gasteiger partial charge in [-0.25, -0.2) is 0 Å². The van der Waals surface area contributed by atoms with Gasteiger partial charge in [0.2, 0.25) is 0 Å². The van der Waals surface area contributed by atoms with Gasteiger partial charge in [-0.2, -0.15) is 0 Å². The molecule has 162 valence electrons. The van der Waals surface area contributed by atoms with Crippen LogP contribution in [0.25, 0.3) is 0 Å². The highest BCUT2D eigenvalue weighted by atomic mass is 31.2. The van der Waals surface area contributed by atoms with Crippen LogP contribution in [-0.4, -0.2) is 28.5 Å². The molecule has 0 bridgehead atoms.